The third-order valence-electron chi connectivity index (χ3n) is 5.85. The van der Waals surface area contributed by atoms with E-state index in [1.807, 2.05) is 24.3 Å². The molecule has 144 valence electrons. The predicted molar refractivity (Wildman–Crippen MR) is 115 cm³/mol. The minimum Gasteiger partial charge on any atom is -0.303 e. The maximum absolute atomic E-state index is 10.1. The lowest BCUT2D eigenvalue weighted by Crippen LogP contribution is -2.36. The quantitative estimate of drug-likeness (QED) is 0.523. The fourth-order valence-corrected chi connectivity index (χ4v) is 3.72. The number of nitrogens with zero attached hydrogens (tertiary/aromatic N) is 2. The molecule has 0 saturated heterocycles. The number of nitriles is 1. The predicted octanol–water partition coefficient (Wildman–Crippen LogP) is 6.10. The molecule has 0 heterocycles. The Kier molecular flexibility index (Phi) is 7.90. The fraction of sp³-hybridized carbons (Fsp3) is 0.458. The van der Waals surface area contributed by atoms with E-state index >= 15 is 0 Å². The first-order valence-corrected chi connectivity index (χ1v) is 10.2. The average molecular weight is 383 g/mol. The molecule has 0 radical (unpaired) electrons. The second kappa shape index (κ2) is 9.93. The van der Waals surface area contributed by atoms with Gasteiger partial charge in [-0.3, -0.25) is 0 Å². The summed E-state index contributed by atoms with van der Waals surface area (Å²) < 4.78 is 0. The number of hydrogen-bond donors (Lipinski definition) is 0. The number of benzene rings is 2. The van der Waals surface area contributed by atoms with E-state index in [1.165, 1.54) is 5.56 Å². The highest BCUT2D eigenvalue weighted by molar-refractivity contribution is 6.30. The third-order valence-corrected chi connectivity index (χ3v) is 6.10. The van der Waals surface area contributed by atoms with Crippen LogP contribution in [0.25, 0.3) is 0 Å². The number of hydrogen-bond acceptors (Lipinski definition) is 2. The van der Waals surface area contributed by atoms with Gasteiger partial charge in [-0.05, 0) is 62.4 Å². The van der Waals surface area contributed by atoms with Crippen molar-refractivity contribution in [3.8, 4) is 6.07 Å². The summed E-state index contributed by atoms with van der Waals surface area (Å²) in [5.41, 5.74) is 1.97. The lowest BCUT2D eigenvalue weighted by molar-refractivity contribution is 0.225. The Morgan fingerprint density at radius 1 is 1.04 bits per heavy atom. The van der Waals surface area contributed by atoms with E-state index in [9.17, 15) is 5.26 Å². The van der Waals surface area contributed by atoms with E-state index in [4.69, 9.17) is 11.6 Å². The van der Waals surface area contributed by atoms with Crippen molar-refractivity contribution in [1.82, 2.24) is 4.90 Å². The van der Waals surface area contributed by atoms with Gasteiger partial charge in [0.25, 0.3) is 0 Å². The summed E-state index contributed by atoms with van der Waals surface area (Å²) in [6.45, 7) is 7.56. The van der Waals surface area contributed by atoms with Crippen molar-refractivity contribution in [3.05, 3.63) is 70.7 Å². The van der Waals surface area contributed by atoms with Gasteiger partial charge in [0, 0.05) is 17.6 Å². The van der Waals surface area contributed by atoms with E-state index in [1.54, 1.807) is 0 Å². The van der Waals surface area contributed by atoms with Crippen molar-refractivity contribution in [2.24, 2.45) is 5.92 Å². The number of halogens is 1. The third kappa shape index (κ3) is 5.58. The van der Waals surface area contributed by atoms with Gasteiger partial charge in [0.05, 0.1) is 11.5 Å². The lowest BCUT2D eigenvalue weighted by atomic mass is 9.69. The van der Waals surface area contributed by atoms with Crippen LogP contribution >= 0.6 is 11.6 Å². The molecule has 0 spiro atoms. The highest BCUT2D eigenvalue weighted by atomic mass is 35.5. The van der Waals surface area contributed by atoms with Gasteiger partial charge in [0.1, 0.15) is 0 Å². The van der Waals surface area contributed by atoms with Crippen LogP contribution in [0.2, 0.25) is 5.02 Å². The smallest absolute Gasteiger partial charge is 0.0845 e. The zero-order chi connectivity index (χ0) is 19.9. The lowest BCUT2D eigenvalue weighted by Gasteiger charge is -2.34. The van der Waals surface area contributed by atoms with Crippen LogP contribution in [0.3, 0.4) is 0 Å². The molecule has 27 heavy (non-hydrogen) atoms. The largest absolute Gasteiger partial charge is 0.303 e. The molecule has 2 atom stereocenters. The minimum atomic E-state index is -0.473. The highest BCUT2D eigenvalue weighted by Gasteiger charge is 2.36. The van der Waals surface area contributed by atoms with Gasteiger partial charge < -0.3 is 4.90 Å². The van der Waals surface area contributed by atoms with Gasteiger partial charge in [0.2, 0.25) is 0 Å². The number of likely N-dealkylation sites (N-methyl/N-ethyl adjacent to an activating group) is 1. The Hall–Kier alpha value is -1.82. The maximum atomic E-state index is 10.1. The SMILES string of the molecule is CC(CCC(C#N)(c1ccc(Cl)cc1)C(C)C)N(C)CCc1ccccc1. The molecule has 0 aliphatic heterocycles. The molecule has 2 aromatic carbocycles. The summed E-state index contributed by atoms with van der Waals surface area (Å²) in [5.74, 6) is 0.241. The van der Waals surface area contributed by atoms with Crippen LogP contribution in [0.1, 0.15) is 44.7 Å². The van der Waals surface area contributed by atoms with Crippen LogP contribution in [0.15, 0.2) is 54.6 Å². The highest BCUT2D eigenvalue weighted by Crippen LogP contribution is 2.37. The van der Waals surface area contributed by atoms with Crippen LogP contribution in [0.5, 0.6) is 0 Å². The second-order valence-corrected chi connectivity index (χ2v) is 8.29. The first kappa shape index (κ1) is 21.5. The van der Waals surface area contributed by atoms with Gasteiger partial charge in [0.15, 0.2) is 0 Å². The molecule has 0 aliphatic carbocycles. The van der Waals surface area contributed by atoms with Crippen molar-refractivity contribution in [1.29, 1.82) is 5.26 Å². The molecule has 0 bridgehead atoms. The minimum absolute atomic E-state index is 0.241. The zero-order valence-corrected chi connectivity index (χ0v) is 17.7. The topological polar surface area (TPSA) is 27.0 Å². The van der Waals surface area contributed by atoms with E-state index in [0.29, 0.717) is 11.1 Å². The van der Waals surface area contributed by atoms with Crippen LogP contribution < -0.4 is 0 Å². The van der Waals surface area contributed by atoms with Crippen molar-refractivity contribution in [2.75, 3.05) is 13.6 Å². The van der Waals surface area contributed by atoms with Gasteiger partial charge in [-0.25, -0.2) is 0 Å². The molecule has 2 nitrogen and oxygen atoms in total. The van der Waals surface area contributed by atoms with Crippen LogP contribution in [0, 0.1) is 17.2 Å². The molecule has 3 heteroatoms. The zero-order valence-electron chi connectivity index (χ0n) is 17.0. The first-order valence-electron chi connectivity index (χ1n) is 9.80. The summed E-state index contributed by atoms with van der Waals surface area (Å²) in [4.78, 5) is 2.40. The molecule has 0 N–H and O–H groups in total. The molecule has 2 aromatic rings. The molecule has 0 fully saturated rings. The monoisotopic (exact) mass is 382 g/mol. The first-order chi connectivity index (χ1) is 12.9. The Labute approximate surface area is 169 Å². The molecule has 0 aromatic heterocycles. The molecular weight excluding hydrogens is 352 g/mol. The molecule has 0 saturated carbocycles. The van der Waals surface area contributed by atoms with Gasteiger partial charge in [-0.15, -0.1) is 0 Å². The average Bonchev–Trinajstić information content (AvgIpc) is 2.68. The van der Waals surface area contributed by atoms with Crippen LogP contribution in [-0.4, -0.2) is 24.5 Å². The van der Waals surface area contributed by atoms with Crippen LogP contribution in [0.4, 0.5) is 0 Å². The summed E-state index contributed by atoms with van der Waals surface area (Å²) in [7, 11) is 2.18. The van der Waals surface area contributed by atoms with Crippen molar-refractivity contribution < 1.29 is 0 Å². The summed E-state index contributed by atoms with van der Waals surface area (Å²) in [6.07, 6.45) is 2.88. The summed E-state index contributed by atoms with van der Waals surface area (Å²) >= 11 is 6.05. The fourth-order valence-electron chi connectivity index (χ4n) is 3.59. The second-order valence-electron chi connectivity index (χ2n) is 7.85. The Morgan fingerprint density at radius 3 is 2.22 bits per heavy atom. The maximum Gasteiger partial charge on any atom is 0.0845 e. The summed E-state index contributed by atoms with van der Waals surface area (Å²) in [5, 5.41) is 10.8. The van der Waals surface area contributed by atoms with Crippen molar-refractivity contribution >= 4 is 11.6 Å². The van der Waals surface area contributed by atoms with Gasteiger partial charge >= 0.3 is 0 Å². The molecule has 0 aliphatic rings. The van der Waals surface area contributed by atoms with E-state index in [-0.39, 0.29) is 5.92 Å². The molecule has 2 unspecified atom stereocenters. The molecular formula is C24H31ClN2. The van der Waals surface area contributed by atoms with Crippen molar-refractivity contribution in [3.63, 3.8) is 0 Å². The number of rotatable bonds is 9. The Balaban J connectivity index is 2.01. The van der Waals surface area contributed by atoms with Crippen LogP contribution in [-0.2, 0) is 11.8 Å². The normalized spacial score (nSPS) is 14.7. The van der Waals surface area contributed by atoms with E-state index < -0.39 is 5.41 Å². The summed E-state index contributed by atoms with van der Waals surface area (Å²) in [6, 6.07) is 21.5. The van der Waals surface area contributed by atoms with Gasteiger partial charge in [-0.2, -0.15) is 5.26 Å². The van der Waals surface area contributed by atoms with Gasteiger partial charge in [-0.1, -0.05) is 67.9 Å². The Morgan fingerprint density at radius 2 is 1.67 bits per heavy atom. The van der Waals surface area contributed by atoms with E-state index in [0.717, 1.165) is 31.4 Å². The molecule has 0 amide bonds. The Bertz CT molecular complexity index is 733. The van der Waals surface area contributed by atoms with Crippen molar-refractivity contribution in [2.45, 2.75) is 51.5 Å². The standard InChI is InChI=1S/C24H31ClN2/c1-19(2)24(18-26,22-10-12-23(25)13-11-22)16-14-20(3)27(4)17-15-21-8-6-5-7-9-21/h5-13,19-20H,14-17H2,1-4H3. The van der Waals surface area contributed by atoms with E-state index in [2.05, 4.69) is 69.1 Å². The molecule has 2 rings (SSSR count).